The Morgan fingerprint density at radius 2 is 1.88 bits per heavy atom. The summed E-state index contributed by atoms with van der Waals surface area (Å²) < 4.78 is 13.8. The number of hydrogen-bond donors (Lipinski definition) is 1. The summed E-state index contributed by atoms with van der Waals surface area (Å²) in [6, 6.07) is 12.2. The number of aromatic amines is 1. The third-order valence-electron chi connectivity index (χ3n) is 6.80. The average Bonchev–Trinajstić information content (AvgIpc) is 3.63. The van der Waals surface area contributed by atoms with Gasteiger partial charge in [-0.2, -0.15) is 10.2 Å². The van der Waals surface area contributed by atoms with Crippen LogP contribution < -0.4 is 0 Å². The first-order valence-corrected chi connectivity index (χ1v) is 11.5. The van der Waals surface area contributed by atoms with Gasteiger partial charge in [-0.25, -0.2) is 9.50 Å². The molecular formula is C26H22N6O2. The first-order valence-electron chi connectivity index (χ1n) is 11.5. The van der Waals surface area contributed by atoms with E-state index in [9.17, 15) is 0 Å². The lowest BCUT2D eigenvalue weighted by Crippen LogP contribution is -2.31. The Hall–Kier alpha value is -3.88. The highest BCUT2D eigenvalue weighted by Crippen LogP contribution is 2.41. The van der Waals surface area contributed by atoms with Gasteiger partial charge in [-0.15, -0.1) is 0 Å². The van der Waals surface area contributed by atoms with E-state index in [4.69, 9.17) is 19.6 Å². The highest BCUT2D eigenvalue weighted by Gasteiger charge is 2.38. The van der Waals surface area contributed by atoms with Crippen LogP contribution in [0.25, 0.3) is 44.5 Å². The van der Waals surface area contributed by atoms with E-state index in [0.717, 1.165) is 63.9 Å². The third-order valence-corrected chi connectivity index (χ3v) is 6.80. The number of ether oxygens (including phenoxy) is 2. The van der Waals surface area contributed by atoms with Crippen molar-refractivity contribution in [2.45, 2.75) is 25.0 Å². The Morgan fingerprint density at radius 3 is 2.71 bits per heavy atom. The predicted octanol–water partition coefficient (Wildman–Crippen LogP) is 4.65. The Balaban J connectivity index is 1.45. The molecule has 1 saturated heterocycles. The number of pyridine rings is 1. The first-order chi connectivity index (χ1) is 16.8. The number of nitrogens with one attached hydrogen (secondary N) is 1. The van der Waals surface area contributed by atoms with Crippen LogP contribution in [-0.4, -0.2) is 48.8 Å². The highest BCUT2D eigenvalue weighted by atomic mass is 16.7. The maximum atomic E-state index is 5.91. The zero-order chi connectivity index (χ0) is 22.5. The first kappa shape index (κ1) is 19.6. The summed E-state index contributed by atoms with van der Waals surface area (Å²) in [6.45, 7) is 1.33. The zero-order valence-electron chi connectivity index (χ0n) is 18.4. The molecule has 0 bridgehead atoms. The monoisotopic (exact) mass is 450 g/mol. The standard InChI is InChI=1S/C26H22N6O2/c1-2-19(20-16-29-30-21(20)3-1)23-24(18-6-11-27-12-7-18)31-32-22(8-13-28-25(23)32)17-4-9-26(10-5-17)33-14-15-34-26/h1-4,6-8,11-13,16H,5,9-10,14-15H2,(H,29,30). The van der Waals surface area contributed by atoms with Gasteiger partial charge in [0.05, 0.1) is 36.2 Å². The van der Waals surface area contributed by atoms with E-state index in [-0.39, 0.29) is 0 Å². The number of rotatable bonds is 3. The topological polar surface area (TPSA) is 90.2 Å². The summed E-state index contributed by atoms with van der Waals surface area (Å²) in [5.74, 6) is -0.454. The number of nitrogens with zero attached hydrogens (tertiary/aromatic N) is 5. The highest BCUT2D eigenvalue weighted by molar-refractivity contribution is 6.02. The predicted molar refractivity (Wildman–Crippen MR) is 128 cm³/mol. The molecule has 1 fully saturated rings. The van der Waals surface area contributed by atoms with Crippen LogP contribution in [-0.2, 0) is 9.47 Å². The molecule has 0 atom stereocenters. The van der Waals surface area contributed by atoms with E-state index in [2.05, 4.69) is 27.3 Å². The van der Waals surface area contributed by atoms with Gasteiger partial charge in [-0.3, -0.25) is 10.1 Å². The minimum atomic E-state index is -0.454. The molecule has 8 nitrogen and oxygen atoms in total. The number of fused-ring (bicyclic) bond motifs is 2. The molecule has 0 amide bonds. The van der Waals surface area contributed by atoms with Crippen LogP contribution in [0.1, 0.15) is 25.0 Å². The molecular weight excluding hydrogens is 428 g/mol. The van der Waals surface area contributed by atoms with Crippen LogP contribution >= 0.6 is 0 Å². The molecule has 5 heterocycles. The Kier molecular flexibility index (Phi) is 4.36. The van der Waals surface area contributed by atoms with E-state index in [0.29, 0.717) is 13.2 Å². The second-order valence-corrected chi connectivity index (χ2v) is 8.70. The molecule has 2 aliphatic rings. The van der Waals surface area contributed by atoms with E-state index in [1.807, 2.05) is 47.2 Å². The Bertz CT molecular complexity index is 1550. The van der Waals surface area contributed by atoms with Gasteiger partial charge in [0.15, 0.2) is 11.4 Å². The molecule has 1 aromatic carbocycles. The molecule has 8 heteroatoms. The largest absolute Gasteiger partial charge is 0.347 e. The minimum absolute atomic E-state index is 0.454. The van der Waals surface area contributed by atoms with Gasteiger partial charge in [-0.05, 0) is 41.8 Å². The fraction of sp³-hybridized carbons (Fsp3) is 0.231. The van der Waals surface area contributed by atoms with Crippen molar-refractivity contribution in [2.75, 3.05) is 13.2 Å². The second-order valence-electron chi connectivity index (χ2n) is 8.70. The van der Waals surface area contributed by atoms with E-state index >= 15 is 0 Å². The lowest BCUT2D eigenvalue weighted by molar-refractivity contribution is -0.159. The van der Waals surface area contributed by atoms with Gasteiger partial charge in [0, 0.05) is 42.4 Å². The molecule has 0 radical (unpaired) electrons. The third kappa shape index (κ3) is 2.99. The number of H-pyrrole nitrogens is 1. The molecule has 1 aliphatic heterocycles. The van der Waals surface area contributed by atoms with Crippen molar-refractivity contribution >= 4 is 22.1 Å². The van der Waals surface area contributed by atoms with E-state index in [1.165, 1.54) is 5.57 Å². The molecule has 168 valence electrons. The van der Waals surface area contributed by atoms with Crippen molar-refractivity contribution in [3.05, 3.63) is 73.0 Å². The fourth-order valence-corrected chi connectivity index (χ4v) is 5.13. The van der Waals surface area contributed by atoms with Gasteiger partial charge in [-0.1, -0.05) is 18.2 Å². The number of hydrogen-bond acceptors (Lipinski definition) is 6. The summed E-state index contributed by atoms with van der Waals surface area (Å²) >= 11 is 0. The van der Waals surface area contributed by atoms with Crippen LogP contribution in [0, 0.1) is 0 Å². The molecule has 4 aromatic heterocycles. The van der Waals surface area contributed by atoms with Crippen LogP contribution in [0.4, 0.5) is 0 Å². The second kappa shape index (κ2) is 7.58. The van der Waals surface area contributed by atoms with Crippen molar-refractivity contribution in [3.63, 3.8) is 0 Å². The fourth-order valence-electron chi connectivity index (χ4n) is 5.13. The van der Waals surface area contributed by atoms with Crippen molar-refractivity contribution < 1.29 is 9.47 Å². The van der Waals surface area contributed by atoms with Crippen molar-refractivity contribution in [1.29, 1.82) is 0 Å². The molecule has 1 spiro atoms. The number of benzene rings is 1. The van der Waals surface area contributed by atoms with Crippen LogP contribution in [0.5, 0.6) is 0 Å². The molecule has 1 aliphatic carbocycles. The maximum Gasteiger partial charge on any atom is 0.172 e. The molecule has 0 unspecified atom stereocenters. The van der Waals surface area contributed by atoms with Crippen LogP contribution in [0.3, 0.4) is 0 Å². The van der Waals surface area contributed by atoms with Gasteiger partial charge in [0.1, 0.15) is 5.69 Å². The summed E-state index contributed by atoms with van der Waals surface area (Å²) in [5, 5.41) is 13.5. The Labute approximate surface area is 195 Å². The van der Waals surface area contributed by atoms with E-state index < -0.39 is 5.79 Å². The quantitative estimate of drug-likeness (QED) is 0.431. The van der Waals surface area contributed by atoms with Gasteiger partial charge < -0.3 is 9.47 Å². The number of aromatic nitrogens is 6. The van der Waals surface area contributed by atoms with E-state index in [1.54, 1.807) is 12.4 Å². The summed E-state index contributed by atoms with van der Waals surface area (Å²) in [5.41, 5.74) is 7.95. The van der Waals surface area contributed by atoms with Gasteiger partial charge >= 0.3 is 0 Å². The Morgan fingerprint density at radius 1 is 1.00 bits per heavy atom. The summed E-state index contributed by atoms with van der Waals surface area (Å²) in [4.78, 5) is 9.00. The zero-order valence-corrected chi connectivity index (χ0v) is 18.4. The maximum absolute atomic E-state index is 5.91. The van der Waals surface area contributed by atoms with Crippen LogP contribution in [0.2, 0.25) is 0 Å². The lowest BCUT2D eigenvalue weighted by atomic mass is 9.92. The summed E-state index contributed by atoms with van der Waals surface area (Å²) in [6.07, 6.45) is 12.0. The average molecular weight is 451 g/mol. The summed E-state index contributed by atoms with van der Waals surface area (Å²) in [7, 11) is 0. The molecule has 5 aromatic rings. The minimum Gasteiger partial charge on any atom is -0.347 e. The SMILES string of the molecule is C1=C(c2ccnc3c(-c4cccc5[nH]ncc45)c(-c4ccncc4)nn23)CCC2(C1)OCCO2. The van der Waals surface area contributed by atoms with Crippen molar-refractivity contribution in [3.8, 4) is 22.4 Å². The van der Waals surface area contributed by atoms with Crippen molar-refractivity contribution in [2.24, 2.45) is 0 Å². The lowest BCUT2D eigenvalue weighted by Gasteiger charge is -2.30. The van der Waals surface area contributed by atoms with Crippen LogP contribution in [0.15, 0.2) is 67.3 Å². The molecule has 34 heavy (non-hydrogen) atoms. The van der Waals surface area contributed by atoms with Gasteiger partial charge in [0.25, 0.3) is 0 Å². The molecule has 1 N–H and O–H groups in total. The number of allylic oxidation sites excluding steroid dienone is 1. The normalized spacial score (nSPS) is 17.6. The molecule has 7 rings (SSSR count). The van der Waals surface area contributed by atoms with Gasteiger partial charge in [0.2, 0.25) is 0 Å². The molecule has 0 saturated carbocycles. The smallest absolute Gasteiger partial charge is 0.172 e. The van der Waals surface area contributed by atoms with Crippen molar-refractivity contribution in [1.82, 2.24) is 29.8 Å².